The van der Waals surface area contributed by atoms with Crippen molar-refractivity contribution < 1.29 is 13.9 Å². The van der Waals surface area contributed by atoms with Crippen molar-refractivity contribution >= 4 is 11.7 Å². The highest BCUT2D eigenvalue weighted by molar-refractivity contribution is 5.81. The van der Waals surface area contributed by atoms with E-state index in [1.165, 1.54) is 18.5 Å². The lowest BCUT2D eigenvalue weighted by Crippen LogP contribution is -2.65. The van der Waals surface area contributed by atoms with E-state index in [0.717, 1.165) is 71.1 Å². The minimum absolute atomic E-state index is 0.209. The van der Waals surface area contributed by atoms with Crippen molar-refractivity contribution in [2.45, 2.75) is 76.9 Å². The van der Waals surface area contributed by atoms with Gasteiger partial charge in [0.1, 0.15) is 24.2 Å². The molecule has 3 aliphatic carbocycles. The molecular formula is C32H40FN9O2. The second-order valence-corrected chi connectivity index (χ2v) is 14.1. The van der Waals surface area contributed by atoms with Crippen molar-refractivity contribution in [3.63, 3.8) is 0 Å². The molecule has 1 amide bonds. The van der Waals surface area contributed by atoms with Crippen LogP contribution in [0.25, 0.3) is 11.4 Å². The number of anilines is 1. The zero-order valence-corrected chi connectivity index (χ0v) is 25.4. The molecule has 2 aromatic heterocycles. The van der Waals surface area contributed by atoms with E-state index in [4.69, 9.17) is 4.74 Å². The first-order valence-corrected chi connectivity index (χ1v) is 16.2. The summed E-state index contributed by atoms with van der Waals surface area (Å²) >= 11 is 0. The summed E-state index contributed by atoms with van der Waals surface area (Å²) < 4.78 is 22.7. The van der Waals surface area contributed by atoms with Crippen molar-refractivity contribution in [3.8, 4) is 23.0 Å². The topological polar surface area (TPSA) is 114 Å². The molecule has 4 heterocycles. The summed E-state index contributed by atoms with van der Waals surface area (Å²) in [6, 6.07) is 5.65. The lowest BCUT2D eigenvalue weighted by Gasteiger charge is -2.57. The monoisotopic (exact) mass is 601 g/mol. The Hall–Kier alpha value is -3.67. The highest BCUT2D eigenvalue weighted by Gasteiger charge is 2.53. The molecule has 1 spiro atoms. The first-order valence-electron chi connectivity index (χ1n) is 16.2. The van der Waals surface area contributed by atoms with Crippen LogP contribution >= 0.6 is 0 Å². The number of aromatic nitrogens is 6. The lowest BCUT2D eigenvalue weighted by atomic mass is 9.68. The van der Waals surface area contributed by atoms with Crippen LogP contribution in [0.15, 0.2) is 30.9 Å². The van der Waals surface area contributed by atoms with Crippen molar-refractivity contribution in [1.29, 1.82) is 0 Å². The fraction of sp³-hybridized carbons (Fsp3) is 0.625. The van der Waals surface area contributed by atoms with Crippen LogP contribution in [-0.2, 0) is 4.79 Å². The quantitative estimate of drug-likeness (QED) is 0.365. The smallest absolute Gasteiger partial charge is 0.282 e. The number of benzene rings is 1. The number of likely N-dealkylation sites (tertiary alicyclic amines) is 1. The Morgan fingerprint density at radius 3 is 2.66 bits per heavy atom. The molecule has 3 aromatic rings. The van der Waals surface area contributed by atoms with E-state index < -0.39 is 0 Å². The maximum Gasteiger partial charge on any atom is 0.282 e. The average Bonchev–Trinajstić information content (AvgIpc) is 3.91. The van der Waals surface area contributed by atoms with Crippen LogP contribution in [0.4, 0.5) is 10.2 Å². The highest BCUT2D eigenvalue weighted by atomic mass is 19.1. The van der Waals surface area contributed by atoms with Crippen LogP contribution in [0.5, 0.6) is 11.6 Å². The third-order valence-electron chi connectivity index (χ3n) is 10.3. The number of halogens is 1. The molecule has 1 N–H and O–H groups in total. The van der Waals surface area contributed by atoms with E-state index in [2.05, 4.69) is 54.3 Å². The number of carbonyl (C=O) groups is 1. The average molecular weight is 602 g/mol. The van der Waals surface area contributed by atoms with E-state index in [9.17, 15) is 9.18 Å². The van der Waals surface area contributed by atoms with Crippen molar-refractivity contribution in [3.05, 3.63) is 36.7 Å². The fourth-order valence-corrected chi connectivity index (χ4v) is 7.85. The summed E-state index contributed by atoms with van der Waals surface area (Å²) in [5, 5.41) is 20.0. The van der Waals surface area contributed by atoms with Crippen LogP contribution in [0.1, 0.15) is 64.8 Å². The molecule has 0 unspecified atom stereocenters. The number of amides is 1. The van der Waals surface area contributed by atoms with E-state index in [-0.39, 0.29) is 23.1 Å². The summed E-state index contributed by atoms with van der Waals surface area (Å²) in [7, 11) is 0. The van der Waals surface area contributed by atoms with Gasteiger partial charge in [0.25, 0.3) is 5.88 Å². The third-order valence-corrected chi connectivity index (χ3v) is 10.3. The van der Waals surface area contributed by atoms with Gasteiger partial charge in [-0.25, -0.2) is 9.37 Å². The van der Waals surface area contributed by atoms with Gasteiger partial charge in [-0.05, 0) is 75.0 Å². The molecule has 0 radical (unpaired) electrons. The molecule has 1 atom stereocenters. The van der Waals surface area contributed by atoms with E-state index >= 15 is 0 Å². The number of carbonyl (C=O) groups excluding carboxylic acids is 1. The number of nitrogens with zero attached hydrogens (tertiary/aromatic N) is 8. The van der Waals surface area contributed by atoms with Gasteiger partial charge in [0.15, 0.2) is 11.6 Å². The SMILES string of the molecule is CC(C)[C@H](C1CC(NC(=O)C2CC2)C1)N1CC2(CCN(c3ncnnc3Oc3ccc(F)cc3-c3nncn3C3CC3)C2)C1. The zero-order valence-electron chi connectivity index (χ0n) is 25.4. The minimum Gasteiger partial charge on any atom is -0.434 e. The first-order chi connectivity index (χ1) is 21.4. The number of hydrogen-bond donors (Lipinski definition) is 1. The van der Waals surface area contributed by atoms with Gasteiger partial charge >= 0.3 is 0 Å². The van der Waals surface area contributed by atoms with Crippen molar-refractivity contribution in [1.82, 2.24) is 40.2 Å². The number of hydrogen-bond acceptors (Lipinski definition) is 9. The molecule has 12 heteroatoms. The summed E-state index contributed by atoms with van der Waals surface area (Å²) in [5.41, 5.74) is 0.740. The Morgan fingerprint density at radius 1 is 1.09 bits per heavy atom. The van der Waals surface area contributed by atoms with Crippen LogP contribution in [-0.4, -0.2) is 79.0 Å². The summed E-state index contributed by atoms with van der Waals surface area (Å²) in [6.45, 7) is 8.53. The summed E-state index contributed by atoms with van der Waals surface area (Å²) in [5.74, 6) is 3.36. The molecule has 3 saturated carbocycles. The second-order valence-electron chi connectivity index (χ2n) is 14.1. The maximum atomic E-state index is 14.4. The van der Waals surface area contributed by atoms with Gasteiger partial charge < -0.3 is 19.5 Å². The fourth-order valence-electron chi connectivity index (χ4n) is 7.85. The number of ether oxygens (including phenoxy) is 1. The molecule has 11 nitrogen and oxygen atoms in total. The molecule has 8 rings (SSSR count). The van der Waals surface area contributed by atoms with Gasteiger partial charge in [0.05, 0.1) is 5.56 Å². The first kappa shape index (κ1) is 27.8. The van der Waals surface area contributed by atoms with Gasteiger partial charge in [-0.1, -0.05) is 13.8 Å². The van der Waals surface area contributed by atoms with Gasteiger partial charge in [0.2, 0.25) is 5.91 Å². The lowest BCUT2D eigenvalue weighted by molar-refractivity contribution is -0.124. The predicted molar refractivity (Wildman–Crippen MR) is 160 cm³/mol. The molecule has 5 fully saturated rings. The Balaban J connectivity index is 0.940. The molecular weight excluding hydrogens is 561 g/mol. The van der Waals surface area contributed by atoms with Gasteiger partial charge in [-0.15, -0.1) is 20.4 Å². The van der Waals surface area contributed by atoms with Crippen LogP contribution < -0.4 is 15.0 Å². The molecule has 1 aromatic carbocycles. The standard InChI is InChI=1S/C32H40FN9O2/c1-19(2)27(21-11-23(12-21)37-30(43)20-3-4-20)41-15-32(16-41)9-10-40(14-32)29-31(39-35-17-34-29)44-26-8-5-22(33)13-25(26)28-38-36-18-42(28)24-6-7-24/h5,8,13,17-21,23-24,27H,3-4,6-7,9-12,14-16H2,1-2H3,(H,37,43)/t21?,23?,27-/m1/s1. The van der Waals surface area contributed by atoms with Crippen molar-refractivity contribution in [2.75, 3.05) is 31.1 Å². The minimum atomic E-state index is -0.369. The molecule has 232 valence electrons. The number of nitrogens with one attached hydrogen (secondary N) is 1. The van der Waals surface area contributed by atoms with Gasteiger partial charge in [-0.2, -0.15) is 0 Å². The van der Waals surface area contributed by atoms with Crippen LogP contribution in [0.3, 0.4) is 0 Å². The number of rotatable bonds is 10. The second kappa shape index (κ2) is 10.7. The van der Waals surface area contributed by atoms with Crippen LogP contribution in [0, 0.1) is 29.0 Å². The largest absolute Gasteiger partial charge is 0.434 e. The van der Waals surface area contributed by atoms with E-state index in [1.807, 2.05) is 4.57 Å². The normalized spacial score (nSPS) is 25.1. The summed E-state index contributed by atoms with van der Waals surface area (Å²) in [6.07, 6.45) is 10.6. The predicted octanol–water partition coefficient (Wildman–Crippen LogP) is 4.24. The van der Waals surface area contributed by atoms with Crippen LogP contribution in [0.2, 0.25) is 0 Å². The Kier molecular flexibility index (Phi) is 6.80. The molecule has 5 aliphatic rings. The molecule has 0 bridgehead atoms. The molecule has 44 heavy (non-hydrogen) atoms. The zero-order chi connectivity index (χ0) is 30.0. The Morgan fingerprint density at radius 2 is 1.91 bits per heavy atom. The summed E-state index contributed by atoms with van der Waals surface area (Å²) in [4.78, 5) is 21.8. The molecule has 2 aliphatic heterocycles. The van der Waals surface area contributed by atoms with Gasteiger partial charge in [-0.3, -0.25) is 9.69 Å². The van der Waals surface area contributed by atoms with E-state index in [0.29, 0.717) is 58.8 Å². The van der Waals surface area contributed by atoms with Gasteiger partial charge in [0, 0.05) is 55.6 Å². The van der Waals surface area contributed by atoms with Crippen molar-refractivity contribution in [2.24, 2.45) is 23.2 Å². The Bertz CT molecular complexity index is 1540. The van der Waals surface area contributed by atoms with E-state index in [1.54, 1.807) is 12.4 Å². The Labute approximate surface area is 256 Å². The highest BCUT2D eigenvalue weighted by Crippen LogP contribution is 2.48. The third kappa shape index (κ3) is 5.20. The molecule has 2 saturated heterocycles. The maximum absolute atomic E-state index is 14.4.